The molecule has 1 atom stereocenters. The summed E-state index contributed by atoms with van der Waals surface area (Å²) in [5, 5.41) is 9.50. The quantitative estimate of drug-likeness (QED) is 0.823. The van der Waals surface area contributed by atoms with Gasteiger partial charge in [0.25, 0.3) is 0 Å². The molecule has 15 heavy (non-hydrogen) atoms. The molecule has 0 aromatic heterocycles. The maximum Gasteiger partial charge on any atom is 0.125 e. The lowest BCUT2D eigenvalue weighted by Gasteiger charge is -2.14. The smallest absolute Gasteiger partial charge is 0.125 e. The van der Waals surface area contributed by atoms with E-state index in [1.807, 2.05) is 26.0 Å². The number of aliphatic hydroxyl groups is 1. The van der Waals surface area contributed by atoms with Gasteiger partial charge < -0.3 is 9.84 Å². The van der Waals surface area contributed by atoms with Crippen LogP contribution in [0.3, 0.4) is 0 Å². The average Bonchev–Trinajstić information content (AvgIpc) is 2.16. The third kappa shape index (κ3) is 2.96. The Balaban J connectivity index is 2.99. The van der Waals surface area contributed by atoms with Gasteiger partial charge in [0.05, 0.1) is 12.7 Å². The molecule has 0 saturated heterocycles. The zero-order valence-corrected chi connectivity index (χ0v) is 10.0. The van der Waals surface area contributed by atoms with Crippen molar-refractivity contribution in [3.63, 3.8) is 0 Å². The zero-order valence-electron chi connectivity index (χ0n) is 10.0. The van der Waals surface area contributed by atoms with Crippen LogP contribution in [-0.4, -0.2) is 11.7 Å². The third-order valence-corrected chi connectivity index (χ3v) is 2.42. The molecule has 0 spiro atoms. The molecule has 2 heteroatoms. The van der Waals surface area contributed by atoms with E-state index in [1.54, 1.807) is 6.92 Å². The molecule has 0 heterocycles. The fraction of sp³-hybridized carbons (Fsp3) is 0.538. The number of aliphatic hydroxyl groups excluding tert-OH is 1. The highest BCUT2D eigenvalue weighted by Gasteiger charge is 2.08. The summed E-state index contributed by atoms with van der Waals surface area (Å²) >= 11 is 0. The Hall–Kier alpha value is -1.02. The van der Waals surface area contributed by atoms with Crippen LogP contribution in [0.2, 0.25) is 0 Å². The van der Waals surface area contributed by atoms with Crippen LogP contribution < -0.4 is 4.74 Å². The van der Waals surface area contributed by atoms with Gasteiger partial charge in [-0.25, -0.2) is 0 Å². The largest absolute Gasteiger partial charge is 0.493 e. The normalized spacial score (nSPS) is 12.6. The van der Waals surface area contributed by atoms with E-state index in [-0.39, 0.29) is 0 Å². The number of hydrogen-bond donors (Lipinski definition) is 1. The van der Waals surface area contributed by atoms with Gasteiger partial charge in [-0.2, -0.15) is 0 Å². The van der Waals surface area contributed by atoms with E-state index in [1.165, 1.54) is 0 Å². The summed E-state index contributed by atoms with van der Waals surface area (Å²) in [5.74, 6) is 0.959. The van der Waals surface area contributed by atoms with Crippen molar-refractivity contribution in [3.8, 4) is 5.75 Å². The minimum atomic E-state index is -0.414. The van der Waals surface area contributed by atoms with Gasteiger partial charge in [-0.1, -0.05) is 6.92 Å². The van der Waals surface area contributed by atoms with E-state index < -0.39 is 6.10 Å². The molecule has 0 amide bonds. The Morgan fingerprint density at radius 1 is 1.27 bits per heavy atom. The second-order valence-corrected chi connectivity index (χ2v) is 4.01. The molecule has 1 unspecified atom stereocenters. The summed E-state index contributed by atoms with van der Waals surface area (Å²) in [6, 6.07) is 3.98. The number of rotatable bonds is 4. The highest BCUT2D eigenvalue weighted by atomic mass is 16.5. The lowest BCUT2D eigenvalue weighted by atomic mass is 10.0. The van der Waals surface area contributed by atoms with Crippen LogP contribution in [0.4, 0.5) is 0 Å². The van der Waals surface area contributed by atoms with Crippen LogP contribution in [0.15, 0.2) is 12.1 Å². The monoisotopic (exact) mass is 208 g/mol. The topological polar surface area (TPSA) is 29.5 Å². The fourth-order valence-electron chi connectivity index (χ4n) is 1.66. The first-order chi connectivity index (χ1) is 7.06. The molecule has 84 valence electrons. The summed E-state index contributed by atoms with van der Waals surface area (Å²) in [5.41, 5.74) is 3.15. The minimum absolute atomic E-state index is 0.414. The van der Waals surface area contributed by atoms with Crippen molar-refractivity contribution in [3.05, 3.63) is 28.8 Å². The van der Waals surface area contributed by atoms with Crippen LogP contribution in [0.25, 0.3) is 0 Å². The molecule has 1 aromatic carbocycles. The van der Waals surface area contributed by atoms with Gasteiger partial charge >= 0.3 is 0 Å². The van der Waals surface area contributed by atoms with Crippen molar-refractivity contribution in [2.24, 2.45) is 0 Å². The number of benzene rings is 1. The molecule has 0 bridgehead atoms. The molecule has 0 radical (unpaired) electrons. The SMILES string of the molecule is CCCOc1c(C)cc(C(C)O)cc1C. The van der Waals surface area contributed by atoms with Gasteiger partial charge in [0.1, 0.15) is 5.75 Å². The van der Waals surface area contributed by atoms with Crippen molar-refractivity contribution in [2.45, 2.75) is 40.2 Å². The van der Waals surface area contributed by atoms with E-state index in [9.17, 15) is 5.11 Å². The molecular weight excluding hydrogens is 188 g/mol. The zero-order chi connectivity index (χ0) is 11.4. The highest BCUT2D eigenvalue weighted by Crippen LogP contribution is 2.27. The summed E-state index contributed by atoms with van der Waals surface area (Å²) < 4.78 is 5.67. The lowest BCUT2D eigenvalue weighted by molar-refractivity contribution is 0.199. The summed E-state index contributed by atoms with van der Waals surface area (Å²) in [7, 11) is 0. The Labute approximate surface area is 91.9 Å². The first-order valence-corrected chi connectivity index (χ1v) is 5.48. The molecule has 0 aliphatic carbocycles. The van der Waals surface area contributed by atoms with E-state index in [0.29, 0.717) is 0 Å². The second kappa shape index (κ2) is 5.17. The summed E-state index contributed by atoms with van der Waals surface area (Å²) in [6.45, 7) is 8.65. The van der Waals surface area contributed by atoms with Crippen molar-refractivity contribution >= 4 is 0 Å². The van der Waals surface area contributed by atoms with Crippen molar-refractivity contribution in [1.29, 1.82) is 0 Å². The highest BCUT2D eigenvalue weighted by molar-refractivity contribution is 5.43. The molecule has 0 saturated carbocycles. The first-order valence-electron chi connectivity index (χ1n) is 5.48. The van der Waals surface area contributed by atoms with E-state index in [0.717, 1.165) is 35.5 Å². The average molecular weight is 208 g/mol. The molecule has 1 rings (SSSR count). The molecule has 1 N–H and O–H groups in total. The van der Waals surface area contributed by atoms with Gasteiger partial charge in [-0.05, 0) is 56.0 Å². The number of ether oxygens (including phenoxy) is 1. The number of hydrogen-bond acceptors (Lipinski definition) is 2. The van der Waals surface area contributed by atoms with Crippen LogP contribution >= 0.6 is 0 Å². The van der Waals surface area contributed by atoms with Crippen LogP contribution in [-0.2, 0) is 0 Å². The van der Waals surface area contributed by atoms with Gasteiger partial charge in [0.15, 0.2) is 0 Å². The Kier molecular flexibility index (Phi) is 4.15. The molecule has 1 aromatic rings. The number of aryl methyl sites for hydroxylation is 2. The van der Waals surface area contributed by atoms with E-state index >= 15 is 0 Å². The molecule has 2 nitrogen and oxygen atoms in total. The first kappa shape index (κ1) is 12.1. The van der Waals surface area contributed by atoms with Crippen LogP contribution in [0, 0.1) is 13.8 Å². The minimum Gasteiger partial charge on any atom is -0.493 e. The van der Waals surface area contributed by atoms with Crippen molar-refractivity contribution in [1.82, 2.24) is 0 Å². The van der Waals surface area contributed by atoms with Gasteiger partial charge in [0, 0.05) is 0 Å². The van der Waals surface area contributed by atoms with Crippen molar-refractivity contribution in [2.75, 3.05) is 6.61 Å². The van der Waals surface area contributed by atoms with Crippen molar-refractivity contribution < 1.29 is 9.84 Å². The van der Waals surface area contributed by atoms with E-state index in [4.69, 9.17) is 4.74 Å². The molecular formula is C13H20O2. The fourth-order valence-corrected chi connectivity index (χ4v) is 1.66. The Morgan fingerprint density at radius 2 is 1.80 bits per heavy atom. The summed E-state index contributed by atoms with van der Waals surface area (Å²) in [6.07, 6.45) is 0.597. The third-order valence-electron chi connectivity index (χ3n) is 2.42. The Morgan fingerprint density at radius 3 is 2.20 bits per heavy atom. The van der Waals surface area contributed by atoms with Crippen LogP contribution in [0.5, 0.6) is 5.75 Å². The lowest BCUT2D eigenvalue weighted by Crippen LogP contribution is -2.01. The maximum atomic E-state index is 9.50. The molecule has 0 fully saturated rings. The van der Waals surface area contributed by atoms with Gasteiger partial charge in [-0.15, -0.1) is 0 Å². The maximum absolute atomic E-state index is 9.50. The van der Waals surface area contributed by atoms with Gasteiger partial charge in [-0.3, -0.25) is 0 Å². The second-order valence-electron chi connectivity index (χ2n) is 4.01. The Bertz CT molecular complexity index is 306. The molecule has 0 aliphatic rings. The molecule has 0 aliphatic heterocycles. The standard InChI is InChI=1S/C13H20O2/c1-5-6-15-13-9(2)7-12(11(4)14)8-10(13)3/h7-8,11,14H,5-6H2,1-4H3. The predicted molar refractivity (Wildman–Crippen MR) is 62.3 cm³/mol. The van der Waals surface area contributed by atoms with Crippen LogP contribution in [0.1, 0.15) is 43.1 Å². The van der Waals surface area contributed by atoms with Gasteiger partial charge in [0.2, 0.25) is 0 Å². The predicted octanol–water partition coefficient (Wildman–Crippen LogP) is 3.15. The summed E-state index contributed by atoms with van der Waals surface area (Å²) in [4.78, 5) is 0. The van der Waals surface area contributed by atoms with E-state index in [2.05, 4.69) is 6.92 Å².